The van der Waals surface area contributed by atoms with Gasteiger partial charge in [0.2, 0.25) is 0 Å². The predicted octanol–water partition coefficient (Wildman–Crippen LogP) is 2.27. The van der Waals surface area contributed by atoms with Crippen molar-refractivity contribution in [3.8, 4) is 0 Å². The van der Waals surface area contributed by atoms with Crippen LogP contribution in [0.25, 0.3) is 0 Å². The number of hydrogen-bond acceptors (Lipinski definition) is 3. The first-order chi connectivity index (χ1) is 6.70. The van der Waals surface area contributed by atoms with E-state index >= 15 is 0 Å². The Morgan fingerprint density at radius 1 is 1.57 bits per heavy atom. The standard InChI is InChI=1S/C10H16N2OS/c1-9(13)5-3-4-8-14-10-11-6-7-12(10)2/h6-7H,3-5,8H2,1-2H3. The molecule has 0 aliphatic heterocycles. The third kappa shape index (κ3) is 3.96. The number of thioether (sulfide) groups is 1. The molecule has 0 spiro atoms. The van der Waals surface area contributed by atoms with Crippen LogP contribution < -0.4 is 0 Å². The SMILES string of the molecule is CC(=O)CCCCSc1nccn1C. The van der Waals surface area contributed by atoms with Gasteiger partial charge in [0.1, 0.15) is 5.78 Å². The molecule has 1 rings (SSSR count). The molecular weight excluding hydrogens is 196 g/mol. The molecule has 0 aromatic carbocycles. The minimum absolute atomic E-state index is 0.284. The summed E-state index contributed by atoms with van der Waals surface area (Å²) < 4.78 is 2.01. The second kappa shape index (κ2) is 5.86. The van der Waals surface area contributed by atoms with E-state index in [1.807, 2.05) is 17.8 Å². The second-order valence-electron chi connectivity index (χ2n) is 3.33. The number of hydrogen-bond donors (Lipinski definition) is 0. The van der Waals surface area contributed by atoms with Gasteiger partial charge in [-0.3, -0.25) is 0 Å². The summed E-state index contributed by atoms with van der Waals surface area (Å²) in [6.45, 7) is 1.64. The fourth-order valence-electron chi connectivity index (χ4n) is 1.13. The molecule has 14 heavy (non-hydrogen) atoms. The number of rotatable bonds is 6. The average Bonchev–Trinajstić information content (AvgIpc) is 2.51. The van der Waals surface area contributed by atoms with E-state index in [9.17, 15) is 4.79 Å². The Balaban J connectivity index is 2.10. The van der Waals surface area contributed by atoms with Gasteiger partial charge in [0.25, 0.3) is 0 Å². The number of imidazole rings is 1. The number of Topliss-reactive ketones (excluding diaryl/α,β-unsaturated/α-hetero) is 1. The van der Waals surface area contributed by atoms with E-state index in [2.05, 4.69) is 4.98 Å². The fraction of sp³-hybridized carbons (Fsp3) is 0.600. The highest BCUT2D eigenvalue weighted by atomic mass is 32.2. The number of carbonyl (C=O) groups is 1. The van der Waals surface area contributed by atoms with Crippen molar-refractivity contribution in [1.82, 2.24) is 9.55 Å². The average molecular weight is 212 g/mol. The predicted molar refractivity (Wildman–Crippen MR) is 58.5 cm³/mol. The van der Waals surface area contributed by atoms with Crippen molar-refractivity contribution in [2.24, 2.45) is 7.05 Å². The highest BCUT2D eigenvalue weighted by Gasteiger charge is 1.99. The Kier molecular flexibility index (Phi) is 4.73. The molecule has 0 unspecified atom stereocenters. The number of nitrogens with zero attached hydrogens (tertiary/aromatic N) is 2. The first-order valence-electron chi connectivity index (χ1n) is 4.79. The van der Waals surface area contributed by atoms with Gasteiger partial charge in [-0.2, -0.15) is 0 Å². The van der Waals surface area contributed by atoms with Gasteiger partial charge in [-0.1, -0.05) is 11.8 Å². The minimum atomic E-state index is 0.284. The van der Waals surface area contributed by atoms with Gasteiger partial charge in [0, 0.05) is 31.6 Å². The van der Waals surface area contributed by atoms with Crippen LogP contribution in [0.4, 0.5) is 0 Å². The molecule has 1 aromatic rings. The van der Waals surface area contributed by atoms with Crippen LogP contribution in [-0.4, -0.2) is 21.1 Å². The Bertz CT molecular complexity index is 296. The number of unbranched alkanes of at least 4 members (excludes halogenated alkanes) is 1. The van der Waals surface area contributed by atoms with Crippen LogP contribution in [0.15, 0.2) is 17.6 Å². The van der Waals surface area contributed by atoms with Gasteiger partial charge >= 0.3 is 0 Å². The van der Waals surface area contributed by atoms with Gasteiger partial charge in [0.05, 0.1) is 0 Å². The van der Waals surface area contributed by atoms with Crippen molar-refractivity contribution in [2.45, 2.75) is 31.3 Å². The monoisotopic (exact) mass is 212 g/mol. The van der Waals surface area contributed by atoms with Crippen LogP contribution in [-0.2, 0) is 11.8 Å². The van der Waals surface area contributed by atoms with Crippen molar-refractivity contribution in [3.05, 3.63) is 12.4 Å². The molecule has 0 saturated carbocycles. The normalized spacial score (nSPS) is 10.4. The Morgan fingerprint density at radius 2 is 2.36 bits per heavy atom. The molecule has 0 radical (unpaired) electrons. The molecule has 0 atom stereocenters. The summed E-state index contributed by atoms with van der Waals surface area (Å²) >= 11 is 1.75. The topological polar surface area (TPSA) is 34.9 Å². The van der Waals surface area contributed by atoms with Crippen LogP contribution in [0.1, 0.15) is 26.2 Å². The van der Waals surface area contributed by atoms with E-state index in [0.29, 0.717) is 6.42 Å². The van der Waals surface area contributed by atoms with Gasteiger partial charge in [-0.05, 0) is 19.8 Å². The molecule has 0 amide bonds. The number of aryl methyl sites for hydroxylation is 1. The van der Waals surface area contributed by atoms with Crippen LogP contribution in [0.3, 0.4) is 0 Å². The second-order valence-corrected chi connectivity index (χ2v) is 4.39. The number of aromatic nitrogens is 2. The first kappa shape index (κ1) is 11.3. The van der Waals surface area contributed by atoms with Crippen molar-refractivity contribution in [2.75, 3.05) is 5.75 Å². The number of ketones is 1. The maximum atomic E-state index is 10.7. The summed E-state index contributed by atoms with van der Waals surface area (Å²) in [5.41, 5.74) is 0. The Hall–Kier alpha value is -0.770. The third-order valence-corrected chi connectivity index (χ3v) is 3.08. The molecule has 3 nitrogen and oxygen atoms in total. The number of carbonyl (C=O) groups excluding carboxylic acids is 1. The van der Waals surface area contributed by atoms with Crippen molar-refractivity contribution in [1.29, 1.82) is 0 Å². The van der Waals surface area contributed by atoms with E-state index in [-0.39, 0.29) is 5.78 Å². The zero-order valence-corrected chi connectivity index (χ0v) is 9.51. The molecule has 0 bridgehead atoms. The summed E-state index contributed by atoms with van der Waals surface area (Å²) in [6, 6.07) is 0. The lowest BCUT2D eigenvalue weighted by atomic mass is 10.2. The highest BCUT2D eigenvalue weighted by Crippen LogP contribution is 2.16. The zero-order chi connectivity index (χ0) is 10.4. The largest absolute Gasteiger partial charge is 0.329 e. The van der Waals surface area contributed by atoms with Crippen LogP contribution >= 0.6 is 11.8 Å². The van der Waals surface area contributed by atoms with Crippen LogP contribution in [0.2, 0.25) is 0 Å². The molecule has 0 fully saturated rings. The van der Waals surface area contributed by atoms with E-state index in [0.717, 1.165) is 23.8 Å². The highest BCUT2D eigenvalue weighted by molar-refractivity contribution is 7.99. The van der Waals surface area contributed by atoms with Crippen molar-refractivity contribution in [3.63, 3.8) is 0 Å². The summed E-state index contributed by atoms with van der Waals surface area (Å²) in [6.07, 6.45) is 6.53. The summed E-state index contributed by atoms with van der Waals surface area (Å²) in [7, 11) is 1.99. The van der Waals surface area contributed by atoms with Crippen molar-refractivity contribution < 1.29 is 4.79 Å². The lowest BCUT2D eigenvalue weighted by Gasteiger charge is -2.00. The zero-order valence-electron chi connectivity index (χ0n) is 8.69. The molecule has 78 valence electrons. The third-order valence-electron chi connectivity index (χ3n) is 1.93. The Labute approximate surface area is 88.9 Å². The lowest BCUT2D eigenvalue weighted by Crippen LogP contribution is -1.92. The molecule has 1 aromatic heterocycles. The first-order valence-corrected chi connectivity index (χ1v) is 5.78. The fourth-order valence-corrected chi connectivity index (χ4v) is 2.06. The molecule has 1 heterocycles. The molecular formula is C10H16N2OS. The maximum absolute atomic E-state index is 10.7. The Morgan fingerprint density at radius 3 is 2.93 bits per heavy atom. The molecule has 4 heteroatoms. The van der Waals surface area contributed by atoms with Crippen molar-refractivity contribution >= 4 is 17.5 Å². The van der Waals surface area contributed by atoms with E-state index in [1.165, 1.54) is 0 Å². The minimum Gasteiger partial charge on any atom is -0.329 e. The van der Waals surface area contributed by atoms with Gasteiger partial charge in [0.15, 0.2) is 5.16 Å². The molecule has 0 aliphatic rings. The van der Waals surface area contributed by atoms with Crippen LogP contribution in [0, 0.1) is 0 Å². The van der Waals surface area contributed by atoms with E-state index in [4.69, 9.17) is 0 Å². The summed E-state index contributed by atoms with van der Waals surface area (Å²) in [5.74, 6) is 1.32. The van der Waals surface area contributed by atoms with Crippen LogP contribution in [0.5, 0.6) is 0 Å². The van der Waals surface area contributed by atoms with Gasteiger partial charge < -0.3 is 9.36 Å². The smallest absolute Gasteiger partial charge is 0.167 e. The molecule has 0 N–H and O–H groups in total. The molecule has 0 saturated heterocycles. The maximum Gasteiger partial charge on any atom is 0.167 e. The van der Waals surface area contributed by atoms with Gasteiger partial charge in [-0.15, -0.1) is 0 Å². The summed E-state index contributed by atoms with van der Waals surface area (Å²) in [5, 5.41) is 1.05. The van der Waals surface area contributed by atoms with Gasteiger partial charge in [-0.25, -0.2) is 4.98 Å². The molecule has 0 aliphatic carbocycles. The quantitative estimate of drug-likeness (QED) is 0.536. The lowest BCUT2D eigenvalue weighted by molar-refractivity contribution is -0.117. The van der Waals surface area contributed by atoms with E-state index in [1.54, 1.807) is 24.9 Å². The summed E-state index contributed by atoms with van der Waals surface area (Å²) in [4.78, 5) is 14.9. The van der Waals surface area contributed by atoms with E-state index < -0.39 is 0 Å².